The number of fused-ring (bicyclic) bond motifs is 1. The van der Waals surface area contributed by atoms with Crippen LogP contribution >= 0.6 is 23.2 Å². The van der Waals surface area contributed by atoms with Crippen LogP contribution in [0.3, 0.4) is 0 Å². The van der Waals surface area contributed by atoms with Crippen molar-refractivity contribution in [2.24, 2.45) is 0 Å². The number of methoxy groups -OCH3 is 2. The van der Waals surface area contributed by atoms with Crippen LogP contribution in [0, 0.1) is 0 Å². The molecule has 1 amide bonds. The average molecular weight is 407 g/mol. The summed E-state index contributed by atoms with van der Waals surface area (Å²) in [6.07, 6.45) is 1.56. The first-order valence-corrected chi connectivity index (χ1v) is 9.56. The van der Waals surface area contributed by atoms with E-state index in [9.17, 15) is 4.79 Å². The Bertz CT molecular complexity index is 890. The zero-order valence-electron chi connectivity index (χ0n) is 15.1. The first-order valence-electron chi connectivity index (χ1n) is 8.81. The van der Waals surface area contributed by atoms with Crippen molar-refractivity contribution in [1.82, 2.24) is 4.90 Å². The topological polar surface area (TPSA) is 42.0 Å². The summed E-state index contributed by atoms with van der Waals surface area (Å²) in [5, 5.41) is 0.883. The van der Waals surface area contributed by atoms with E-state index in [2.05, 4.69) is 4.90 Å². The third kappa shape index (κ3) is 3.04. The van der Waals surface area contributed by atoms with E-state index in [4.69, 9.17) is 32.7 Å². The summed E-state index contributed by atoms with van der Waals surface area (Å²) in [5.74, 6) is 1.50. The second-order valence-corrected chi connectivity index (χ2v) is 7.50. The Morgan fingerprint density at radius 1 is 1.04 bits per heavy atom. The maximum atomic E-state index is 13.3. The Morgan fingerprint density at radius 3 is 2.56 bits per heavy atom. The first kappa shape index (κ1) is 18.4. The Labute approximate surface area is 168 Å². The first-order chi connectivity index (χ1) is 13.0. The van der Waals surface area contributed by atoms with E-state index in [0.29, 0.717) is 15.8 Å². The van der Waals surface area contributed by atoms with Crippen molar-refractivity contribution in [1.29, 1.82) is 0 Å². The molecule has 0 unspecified atom stereocenters. The van der Waals surface area contributed by atoms with Crippen LogP contribution in [-0.4, -0.2) is 37.6 Å². The minimum Gasteiger partial charge on any atom is -0.497 e. The molecule has 7 heteroatoms. The monoisotopic (exact) mass is 406 g/mol. The second kappa shape index (κ2) is 7.23. The van der Waals surface area contributed by atoms with Gasteiger partial charge in [-0.05, 0) is 49.2 Å². The quantitative estimate of drug-likeness (QED) is 0.748. The summed E-state index contributed by atoms with van der Waals surface area (Å²) in [5.41, 5.74) is 1.61. The number of halogens is 2. The van der Waals surface area contributed by atoms with Gasteiger partial charge in [0.05, 0.1) is 30.3 Å². The van der Waals surface area contributed by atoms with Gasteiger partial charge in [-0.25, -0.2) is 0 Å². The van der Waals surface area contributed by atoms with Crippen molar-refractivity contribution in [2.45, 2.75) is 25.0 Å². The molecule has 2 aromatic rings. The summed E-state index contributed by atoms with van der Waals surface area (Å²) in [6.45, 7) is 0.846. The second-order valence-electron chi connectivity index (χ2n) is 6.68. The predicted molar refractivity (Wildman–Crippen MR) is 106 cm³/mol. The van der Waals surface area contributed by atoms with Crippen molar-refractivity contribution in [2.75, 3.05) is 25.7 Å². The molecule has 0 saturated carbocycles. The molecule has 0 aromatic heterocycles. The minimum absolute atomic E-state index is 0.0702. The number of amides is 1. The fraction of sp³-hybridized carbons (Fsp3) is 0.350. The zero-order chi connectivity index (χ0) is 19.1. The molecule has 0 aliphatic carbocycles. The summed E-state index contributed by atoms with van der Waals surface area (Å²) < 4.78 is 11.0. The third-order valence-corrected chi connectivity index (χ3v) is 6.01. The van der Waals surface area contributed by atoms with Gasteiger partial charge < -0.3 is 9.47 Å². The molecular weight excluding hydrogens is 387 g/mol. The summed E-state index contributed by atoms with van der Waals surface area (Å²) >= 11 is 12.3. The molecule has 5 nitrogen and oxygen atoms in total. The molecule has 2 saturated heterocycles. The van der Waals surface area contributed by atoms with Gasteiger partial charge in [0.2, 0.25) is 5.91 Å². The molecule has 0 N–H and O–H groups in total. The molecular formula is C20H20Cl2N2O3. The number of ether oxygens (including phenoxy) is 2. The molecule has 2 atom stereocenters. The molecule has 0 bridgehead atoms. The highest BCUT2D eigenvalue weighted by Gasteiger charge is 2.50. The highest BCUT2D eigenvalue weighted by atomic mass is 35.5. The van der Waals surface area contributed by atoms with Gasteiger partial charge in [-0.1, -0.05) is 23.2 Å². The van der Waals surface area contributed by atoms with Gasteiger partial charge >= 0.3 is 0 Å². The SMILES string of the molecule is COc1ccc(OC)c([C@H]2N(c3ccc(Cl)c(Cl)c3)C(=O)[C@@H]3CCCN32)c1. The zero-order valence-corrected chi connectivity index (χ0v) is 16.6. The molecule has 2 aliphatic rings. The molecule has 2 aromatic carbocycles. The summed E-state index contributed by atoms with van der Waals surface area (Å²) in [6, 6.07) is 10.8. The number of anilines is 1. The number of hydrogen-bond donors (Lipinski definition) is 0. The van der Waals surface area contributed by atoms with E-state index in [0.717, 1.165) is 36.4 Å². The van der Waals surface area contributed by atoms with Crippen LogP contribution in [0.4, 0.5) is 5.69 Å². The largest absolute Gasteiger partial charge is 0.497 e. The van der Waals surface area contributed by atoms with Crippen molar-refractivity contribution in [3.05, 3.63) is 52.0 Å². The van der Waals surface area contributed by atoms with Gasteiger partial charge in [0.15, 0.2) is 0 Å². The molecule has 142 valence electrons. The van der Waals surface area contributed by atoms with Crippen LogP contribution < -0.4 is 14.4 Å². The van der Waals surface area contributed by atoms with Crippen LogP contribution in [0.25, 0.3) is 0 Å². The van der Waals surface area contributed by atoms with E-state index in [1.165, 1.54) is 0 Å². The van der Waals surface area contributed by atoms with Crippen LogP contribution in [0.1, 0.15) is 24.6 Å². The Hall–Kier alpha value is -1.95. The number of benzene rings is 2. The van der Waals surface area contributed by atoms with Gasteiger partial charge in [-0.3, -0.25) is 14.6 Å². The van der Waals surface area contributed by atoms with Crippen molar-refractivity contribution >= 4 is 34.8 Å². The Morgan fingerprint density at radius 2 is 1.85 bits per heavy atom. The number of carbonyl (C=O) groups excluding carboxylic acids is 1. The third-order valence-electron chi connectivity index (χ3n) is 5.27. The van der Waals surface area contributed by atoms with E-state index in [1.807, 2.05) is 24.3 Å². The highest BCUT2D eigenvalue weighted by molar-refractivity contribution is 6.42. The van der Waals surface area contributed by atoms with Crippen LogP contribution in [-0.2, 0) is 4.79 Å². The van der Waals surface area contributed by atoms with Gasteiger partial charge in [0, 0.05) is 17.8 Å². The maximum absolute atomic E-state index is 13.3. The molecule has 2 heterocycles. The van der Waals surface area contributed by atoms with Gasteiger partial charge in [0.25, 0.3) is 0 Å². The smallest absolute Gasteiger partial charge is 0.246 e. The summed E-state index contributed by atoms with van der Waals surface area (Å²) in [7, 11) is 3.26. The lowest BCUT2D eigenvalue weighted by molar-refractivity contribution is -0.119. The van der Waals surface area contributed by atoms with Crippen molar-refractivity contribution in [3.63, 3.8) is 0 Å². The lowest BCUT2D eigenvalue weighted by Crippen LogP contribution is -2.32. The van der Waals surface area contributed by atoms with Crippen LogP contribution in [0.2, 0.25) is 10.0 Å². The average Bonchev–Trinajstić information content (AvgIpc) is 3.25. The Balaban J connectivity index is 1.87. The molecule has 27 heavy (non-hydrogen) atoms. The highest BCUT2D eigenvalue weighted by Crippen LogP contribution is 2.46. The van der Waals surface area contributed by atoms with Gasteiger partial charge in [-0.2, -0.15) is 0 Å². The number of carbonyl (C=O) groups is 1. The van der Waals surface area contributed by atoms with E-state index in [-0.39, 0.29) is 18.1 Å². The molecule has 4 rings (SSSR count). The standard InChI is InChI=1S/C20H20Cl2N2O3/c1-26-13-6-8-18(27-2)14(11-13)19-23-9-3-4-17(23)20(25)24(19)12-5-7-15(21)16(22)10-12/h5-8,10-11,17,19H,3-4,9H2,1-2H3/t17-,19+/m0/s1. The lowest BCUT2D eigenvalue weighted by Gasteiger charge is -2.31. The predicted octanol–water partition coefficient (Wildman–Crippen LogP) is 4.52. The number of nitrogens with zero attached hydrogens (tertiary/aromatic N) is 2. The fourth-order valence-electron chi connectivity index (χ4n) is 4.04. The molecule has 2 aliphatic heterocycles. The van der Waals surface area contributed by atoms with E-state index < -0.39 is 0 Å². The van der Waals surface area contributed by atoms with Crippen LogP contribution in [0.5, 0.6) is 11.5 Å². The molecule has 2 fully saturated rings. The van der Waals surface area contributed by atoms with E-state index >= 15 is 0 Å². The maximum Gasteiger partial charge on any atom is 0.246 e. The Kier molecular flexibility index (Phi) is 4.93. The molecule has 0 spiro atoms. The van der Waals surface area contributed by atoms with Crippen molar-refractivity contribution < 1.29 is 14.3 Å². The lowest BCUT2D eigenvalue weighted by atomic mass is 10.1. The molecule has 0 radical (unpaired) electrons. The van der Waals surface area contributed by atoms with Crippen molar-refractivity contribution in [3.8, 4) is 11.5 Å². The number of hydrogen-bond acceptors (Lipinski definition) is 4. The fourth-order valence-corrected chi connectivity index (χ4v) is 4.33. The minimum atomic E-state index is -0.285. The van der Waals surface area contributed by atoms with Crippen LogP contribution in [0.15, 0.2) is 36.4 Å². The normalized spacial score (nSPS) is 22.2. The van der Waals surface area contributed by atoms with Gasteiger partial charge in [0.1, 0.15) is 17.7 Å². The van der Waals surface area contributed by atoms with Gasteiger partial charge in [-0.15, -0.1) is 0 Å². The number of rotatable bonds is 4. The summed E-state index contributed by atoms with van der Waals surface area (Å²) in [4.78, 5) is 17.3. The van der Waals surface area contributed by atoms with E-state index in [1.54, 1.807) is 31.3 Å².